The van der Waals surface area contributed by atoms with E-state index in [0.29, 0.717) is 11.8 Å². The van der Waals surface area contributed by atoms with Gasteiger partial charge in [0.25, 0.3) is 0 Å². The van der Waals surface area contributed by atoms with Gasteiger partial charge in [-0.15, -0.1) is 0 Å². The predicted octanol–water partition coefficient (Wildman–Crippen LogP) is 1.49. The van der Waals surface area contributed by atoms with E-state index in [1.54, 1.807) is 0 Å². The van der Waals surface area contributed by atoms with Gasteiger partial charge in [0.15, 0.2) is 0 Å². The van der Waals surface area contributed by atoms with Crippen molar-refractivity contribution in [3.8, 4) is 0 Å². The molecule has 0 aliphatic carbocycles. The van der Waals surface area contributed by atoms with Gasteiger partial charge in [-0.05, 0) is 37.6 Å². The van der Waals surface area contributed by atoms with Crippen LogP contribution in [0.25, 0.3) is 0 Å². The lowest BCUT2D eigenvalue weighted by Crippen LogP contribution is -2.39. The zero-order chi connectivity index (χ0) is 11.5. The summed E-state index contributed by atoms with van der Waals surface area (Å²) in [5, 5.41) is 3.32. The Labute approximate surface area is 98.6 Å². The average Bonchev–Trinajstić information content (AvgIpc) is 2.56. The molecule has 2 aliphatic rings. The fraction of sp³-hybridized carbons (Fsp3) is 0.923. The summed E-state index contributed by atoms with van der Waals surface area (Å²) < 4.78 is 0. The first-order valence-electron chi connectivity index (χ1n) is 6.68. The van der Waals surface area contributed by atoms with Crippen molar-refractivity contribution in [1.82, 2.24) is 10.2 Å². The van der Waals surface area contributed by atoms with Crippen molar-refractivity contribution in [2.45, 2.75) is 33.1 Å². The fourth-order valence-corrected chi connectivity index (χ4v) is 2.86. The Morgan fingerprint density at radius 1 is 1.19 bits per heavy atom. The highest BCUT2D eigenvalue weighted by Gasteiger charge is 2.33. The number of hydrogen-bond donors (Lipinski definition) is 1. The van der Waals surface area contributed by atoms with E-state index in [2.05, 4.69) is 24.1 Å². The predicted molar refractivity (Wildman–Crippen MR) is 65.1 cm³/mol. The molecule has 1 N–H and O–H groups in total. The summed E-state index contributed by atoms with van der Waals surface area (Å²) in [5.74, 6) is 1.92. The molecule has 0 bridgehead atoms. The molecule has 1 amide bonds. The molecule has 2 rings (SSSR count). The third-order valence-electron chi connectivity index (χ3n) is 4.16. The number of nitrogens with zero attached hydrogens (tertiary/aromatic N) is 1. The SMILES string of the molecule is CC1CCCN(C(=O)C2CNCC2C)CC1. The molecule has 0 radical (unpaired) electrons. The lowest BCUT2D eigenvalue weighted by molar-refractivity contribution is -0.135. The third kappa shape index (κ3) is 2.57. The standard InChI is InChI=1S/C13H24N2O/c1-10-4-3-6-15(7-5-10)13(16)12-9-14-8-11(12)2/h10-12,14H,3-9H2,1-2H3. The molecule has 3 heteroatoms. The number of carbonyl (C=O) groups excluding carboxylic acids is 1. The molecule has 2 fully saturated rings. The average molecular weight is 224 g/mol. The molecule has 92 valence electrons. The van der Waals surface area contributed by atoms with E-state index >= 15 is 0 Å². The van der Waals surface area contributed by atoms with Crippen molar-refractivity contribution in [3.63, 3.8) is 0 Å². The van der Waals surface area contributed by atoms with Crippen LogP contribution in [0.3, 0.4) is 0 Å². The largest absolute Gasteiger partial charge is 0.342 e. The maximum Gasteiger partial charge on any atom is 0.227 e. The van der Waals surface area contributed by atoms with E-state index in [4.69, 9.17) is 0 Å². The zero-order valence-electron chi connectivity index (χ0n) is 10.5. The van der Waals surface area contributed by atoms with Crippen LogP contribution in [0, 0.1) is 17.8 Å². The van der Waals surface area contributed by atoms with Crippen LogP contribution in [0.15, 0.2) is 0 Å². The molecule has 3 atom stereocenters. The molecule has 0 aromatic rings. The highest BCUT2D eigenvalue weighted by Crippen LogP contribution is 2.22. The molecular weight excluding hydrogens is 200 g/mol. The van der Waals surface area contributed by atoms with Crippen molar-refractivity contribution in [2.24, 2.45) is 17.8 Å². The third-order valence-corrected chi connectivity index (χ3v) is 4.16. The normalized spacial score (nSPS) is 36.1. The van der Waals surface area contributed by atoms with E-state index in [9.17, 15) is 4.79 Å². The molecule has 2 heterocycles. The Kier molecular flexibility index (Phi) is 3.85. The second kappa shape index (κ2) is 5.17. The van der Waals surface area contributed by atoms with E-state index < -0.39 is 0 Å². The molecular formula is C13H24N2O. The van der Waals surface area contributed by atoms with Gasteiger partial charge >= 0.3 is 0 Å². The van der Waals surface area contributed by atoms with Gasteiger partial charge in [0.2, 0.25) is 5.91 Å². The number of carbonyl (C=O) groups is 1. The van der Waals surface area contributed by atoms with Crippen LogP contribution in [0.1, 0.15) is 33.1 Å². The van der Waals surface area contributed by atoms with Gasteiger partial charge in [-0.3, -0.25) is 4.79 Å². The second-order valence-corrected chi connectivity index (χ2v) is 5.60. The van der Waals surface area contributed by atoms with E-state index in [-0.39, 0.29) is 5.92 Å². The van der Waals surface area contributed by atoms with Crippen LogP contribution < -0.4 is 5.32 Å². The second-order valence-electron chi connectivity index (χ2n) is 5.60. The molecule has 3 nitrogen and oxygen atoms in total. The molecule has 0 aromatic heterocycles. The highest BCUT2D eigenvalue weighted by atomic mass is 16.2. The van der Waals surface area contributed by atoms with Crippen molar-refractivity contribution >= 4 is 5.91 Å². The Hall–Kier alpha value is -0.570. The van der Waals surface area contributed by atoms with Crippen molar-refractivity contribution in [2.75, 3.05) is 26.2 Å². The molecule has 2 saturated heterocycles. The minimum atomic E-state index is 0.230. The lowest BCUT2D eigenvalue weighted by Gasteiger charge is -2.25. The Bertz CT molecular complexity index is 254. The summed E-state index contributed by atoms with van der Waals surface area (Å²) >= 11 is 0. The minimum Gasteiger partial charge on any atom is -0.342 e. The number of amides is 1. The quantitative estimate of drug-likeness (QED) is 0.732. The monoisotopic (exact) mass is 224 g/mol. The van der Waals surface area contributed by atoms with E-state index in [0.717, 1.165) is 32.1 Å². The lowest BCUT2D eigenvalue weighted by atomic mass is 9.96. The Morgan fingerprint density at radius 2 is 2.00 bits per heavy atom. The van der Waals surface area contributed by atoms with Gasteiger partial charge in [-0.25, -0.2) is 0 Å². The molecule has 0 spiro atoms. The van der Waals surface area contributed by atoms with Gasteiger partial charge in [0.05, 0.1) is 5.92 Å². The first kappa shape index (κ1) is 11.9. The smallest absolute Gasteiger partial charge is 0.227 e. The number of nitrogens with one attached hydrogen (secondary N) is 1. The summed E-state index contributed by atoms with van der Waals surface area (Å²) in [6.07, 6.45) is 3.64. The van der Waals surface area contributed by atoms with Gasteiger partial charge in [-0.2, -0.15) is 0 Å². The summed E-state index contributed by atoms with van der Waals surface area (Å²) in [6.45, 7) is 8.32. The van der Waals surface area contributed by atoms with Crippen LogP contribution in [-0.2, 0) is 4.79 Å². The fourth-order valence-electron chi connectivity index (χ4n) is 2.86. The highest BCUT2D eigenvalue weighted by molar-refractivity contribution is 5.79. The van der Waals surface area contributed by atoms with Crippen molar-refractivity contribution < 1.29 is 4.79 Å². The number of hydrogen-bond acceptors (Lipinski definition) is 2. The minimum absolute atomic E-state index is 0.230. The first-order valence-corrected chi connectivity index (χ1v) is 6.68. The van der Waals surface area contributed by atoms with Crippen LogP contribution in [0.2, 0.25) is 0 Å². The molecule has 3 unspecified atom stereocenters. The maximum atomic E-state index is 12.4. The summed E-state index contributed by atoms with van der Waals surface area (Å²) in [4.78, 5) is 14.5. The van der Waals surface area contributed by atoms with E-state index in [1.165, 1.54) is 19.3 Å². The van der Waals surface area contributed by atoms with Gasteiger partial charge in [-0.1, -0.05) is 13.8 Å². The van der Waals surface area contributed by atoms with Crippen LogP contribution in [-0.4, -0.2) is 37.0 Å². The van der Waals surface area contributed by atoms with Gasteiger partial charge in [0.1, 0.15) is 0 Å². The molecule has 2 aliphatic heterocycles. The van der Waals surface area contributed by atoms with Crippen LogP contribution in [0.5, 0.6) is 0 Å². The van der Waals surface area contributed by atoms with Gasteiger partial charge < -0.3 is 10.2 Å². The summed E-state index contributed by atoms with van der Waals surface area (Å²) in [7, 11) is 0. The van der Waals surface area contributed by atoms with Crippen molar-refractivity contribution in [1.29, 1.82) is 0 Å². The maximum absolute atomic E-state index is 12.4. The van der Waals surface area contributed by atoms with Gasteiger partial charge in [0, 0.05) is 19.6 Å². The molecule has 0 aromatic carbocycles. The molecule has 0 saturated carbocycles. The summed E-state index contributed by atoms with van der Waals surface area (Å²) in [6, 6.07) is 0. The first-order chi connectivity index (χ1) is 7.68. The Morgan fingerprint density at radius 3 is 2.69 bits per heavy atom. The van der Waals surface area contributed by atoms with Crippen LogP contribution >= 0.6 is 0 Å². The van der Waals surface area contributed by atoms with E-state index in [1.807, 2.05) is 0 Å². The number of rotatable bonds is 1. The summed E-state index contributed by atoms with van der Waals surface area (Å²) in [5.41, 5.74) is 0. The number of likely N-dealkylation sites (tertiary alicyclic amines) is 1. The Balaban J connectivity index is 1.93. The van der Waals surface area contributed by atoms with Crippen LogP contribution in [0.4, 0.5) is 0 Å². The molecule has 16 heavy (non-hydrogen) atoms. The topological polar surface area (TPSA) is 32.3 Å². The van der Waals surface area contributed by atoms with Crippen molar-refractivity contribution in [3.05, 3.63) is 0 Å². The zero-order valence-corrected chi connectivity index (χ0v) is 10.5.